The number of carbonyl (C=O) groups excluding carboxylic acids is 1. The molecule has 106 valence electrons. The highest BCUT2D eigenvalue weighted by atomic mass is 32.2. The zero-order valence-corrected chi connectivity index (χ0v) is 12.3. The third-order valence-electron chi connectivity index (χ3n) is 3.29. The highest BCUT2D eigenvalue weighted by molar-refractivity contribution is 8.00. The van der Waals surface area contributed by atoms with E-state index in [0.29, 0.717) is 17.7 Å². The Morgan fingerprint density at radius 3 is 3.20 bits per heavy atom. The van der Waals surface area contributed by atoms with E-state index in [1.54, 1.807) is 18.5 Å². The number of aromatic nitrogens is 1. The standard InChI is InChI=1S/C15H18N2O2S/c1-15(6-3-9-20-15)11-17-14(19)13-5-7-16-10-12(13)4-2-8-18/h5,7,10,18H,3,6,8-9,11H2,1H3,(H,17,19). The lowest BCUT2D eigenvalue weighted by molar-refractivity contribution is 0.0949. The number of aliphatic hydroxyl groups excluding tert-OH is 1. The van der Waals surface area contributed by atoms with Gasteiger partial charge in [-0.05, 0) is 31.6 Å². The normalized spacial score (nSPS) is 21.1. The Labute approximate surface area is 123 Å². The van der Waals surface area contributed by atoms with Gasteiger partial charge in [0.15, 0.2) is 0 Å². The predicted molar refractivity (Wildman–Crippen MR) is 80.6 cm³/mol. The molecule has 2 N–H and O–H groups in total. The number of aliphatic hydroxyl groups is 1. The number of carbonyl (C=O) groups is 1. The van der Waals surface area contributed by atoms with E-state index in [4.69, 9.17) is 5.11 Å². The molecule has 4 nitrogen and oxygen atoms in total. The van der Waals surface area contributed by atoms with Crippen LogP contribution in [0.25, 0.3) is 0 Å². The van der Waals surface area contributed by atoms with Gasteiger partial charge >= 0.3 is 0 Å². The van der Waals surface area contributed by atoms with Gasteiger partial charge in [-0.3, -0.25) is 9.78 Å². The van der Waals surface area contributed by atoms with Crippen LogP contribution < -0.4 is 5.32 Å². The van der Waals surface area contributed by atoms with E-state index in [1.807, 2.05) is 11.8 Å². The summed E-state index contributed by atoms with van der Waals surface area (Å²) in [4.78, 5) is 16.2. The Balaban J connectivity index is 2.05. The van der Waals surface area contributed by atoms with Crippen LogP contribution in [0.3, 0.4) is 0 Å². The van der Waals surface area contributed by atoms with Crippen LogP contribution in [0.2, 0.25) is 0 Å². The summed E-state index contributed by atoms with van der Waals surface area (Å²) in [7, 11) is 0. The van der Waals surface area contributed by atoms with Crippen molar-refractivity contribution in [1.82, 2.24) is 10.3 Å². The molecule has 0 spiro atoms. The van der Waals surface area contributed by atoms with Crippen LogP contribution in [-0.4, -0.2) is 39.6 Å². The summed E-state index contributed by atoms with van der Waals surface area (Å²) in [6.07, 6.45) is 5.46. The second kappa shape index (κ2) is 6.78. The van der Waals surface area contributed by atoms with Crippen molar-refractivity contribution in [1.29, 1.82) is 0 Å². The molecule has 0 saturated carbocycles. The van der Waals surface area contributed by atoms with Gasteiger partial charge in [0.05, 0.1) is 11.1 Å². The lowest BCUT2D eigenvalue weighted by Gasteiger charge is -2.22. The van der Waals surface area contributed by atoms with E-state index >= 15 is 0 Å². The van der Waals surface area contributed by atoms with Crippen LogP contribution in [0.5, 0.6) is 0 Å². The maximum absolute atomic E-state index is 12.2. The minimum Gasteiger partial charge on any atom is -0.384 e. The van der Waals surface area contributed by atoms with Crippen LogP contribution in [0, 0.1) is 11.8 Å². The fourth-order valence-corrected chi connectivity index (χ4v) is 3.41. The first-order valence-electron chi connectivity index (χ1n) is 6.60. The number of hydrogen-bond donors (Lipinski definition) is 2. The molecule has 1 unspecified atom stereocenters. The molecule has 1 aliphatic heterocycles. The Morgan fingerprint density at radius 2 is 2.50 bits per heavy atom. The van der Waals surface area contributed by atoms with Gasteiger partial charge in [-0.25, -0.2) is 0 Å². The fourth-order valence-electron chi connectivity index (χ4n) is 2.17. The summed E-state index contributed by atoms with van der Waals surface area (Å²) in [6, 6.07) is 1.65. The lowest BCUT2D eigenvalue weighted by atomic mass is 10.1. The Hall–Kier alpha value is -1.51. The number of rotatable bonds is 3. The second-order valence-electron chi connectivity index (χ2n) is 4.97. The zero-order valence-electron chi connectivity index (χ0n) is 11.5. The molecule has 2 heterocycles. The lowest BCUT2D eigenvalue weighted by Crippen LogP contribution is -2.37. The smallest absolute Gasteiger partial charge is 0.252 e. The van der Waals surface area contributed by atoms with E-state index in [1.165, 1.54) is 6.42 Å². The van der Waals surface area contributed by atoms with Gasteiger partial charge < -0.3 is 10.4 Å². The predicted octanol–water partition coefficient (Wildman–Crippen LogP) is 1.44. The first kappa shape index (κ1) is 14.9. The van der Waals surface area contributed by atoms with Crippen LogP contribution in [0.15, 0.2) is 18.5 Å². The van der Waals surface area contributed by atoms with Gasteiger partial charge in [-0.2, -0.15) is 11.8 Å². The quantitative estimate of drug-likeness (QED) is 0.827. The van der Waals surface area contributed by atoms with Crippen LogP contribution in [-0.2, 0) is 0 Å². The van der Waals surface area contributed by atoms with Crippen LogP contribution >= 0.6 is 11.8 Å². The number of nitrogens with zero attached hydrogens (tertiary/aromatic N) is 1. The van der Waals surface area contributed by atoms with Crippen molar-refractivity contribution in [2.75, 3.05) is 18.9 Å². The average molecular weight is 290 g/mol. The number of nitrogens with one attached hydrogen (secondary N) is 1. The zero-order chi connectivity index (χ0) is 14.4. The number of amides is 1. The fraction of sp³-hybridized carbons (Fsp3) is 0.467. The van der Waals surface area contributed by atoms with Crippen molar-refractivity contribution in [3.8, 4) is 11.8 Å². The molecule has 0 bridgehead atoms. The first-order chi connectivity index (χ1) is 9.64. The molecule has 0 aromatic carbocycles. The van der Waals surface area contributed by atoms with Gasteiger partial charge in [-0.1, -0.05) is 11.8 Å². The first-order valence-corrected chi connectivity index (χ1v) is 7.59. The molecular formula is C15H18N2O2S. The van der Waals surface area contributed by atoms with Gasteiger partial charge in [0.25, 0.3) is 5.91 Å². The Kier molecular flexibility index (Phi) is 5.05. The third kappa shape index (κ3) is 3.75. The van der Waals surface area contributed by atoms with E-state index < -0.39 is 0 Å². The monoisotopic (exact) mass is 290 g/mol. The second-order valence-corrected chi connectivity index (χ2v) is 6.65. The van der Waals surface area contributed by atoms with Crippen molar-refractivity contribution in [3.63, 3.8) is 0 Å². The summed E-state index contributed by atoms with van der Waals surface area (Å²) in [5, 5.41) is 11.7. The van der Waals surface area contributed by atoms with E-state index in [9.17, 15) is 4.79 Å². The molecule has 5 heteroatoms. The van der Waals surface area contributed by atoms with Crippen molar-refractivity contribution >= 4 is 17.7 Å². The minimum absolute atomic E-state index is 0.136. The Morgan fingerprint density at radius 1 is 1.65 bits per heavy atom. The van der Waals surface area contributed by atoms with E-state index in [0.717, 1.165) is 12.2 Å². The topological polar surface area (TPSA) is 62.2 Å². The van der Waals surface area contributed by atoms with Crippen molar-refractivity contribution in [2.24, 2.45) is 0 Å². The molecule has 1 atom stereocenters. The minimum atomic E-state index is -0.231. The SMILES string of the molecule is CC1(CNC(=O)c2ccncc2C#CCO)CCCS1. The van der Waals surface area contributed by atoms with Gasteiger partial charge in [0, 0.05) is 23.7 Å². The summed E-state index contributed by atoms with van der Waals surface area (Å²) in [6.45, 7) is 2.61. The summed E-state index contributed by atoms with van der Waals surface area (Å²) in [5.74, 6) is 6.32. The number of thioether (sulfide) groups is 1. The molecule has 2 rings (SSSR count). The maximum atomic E-state index is 12.2. The van der Waals surface area contributed by atoms with E-state index in [2.05, 4.69) is 29.1 Å². The molecule has 1 fully saturated rings. The maximum Gasteiger partial charge on any atom is 0.252 e. The molecule has 0 aliphatic carbocycles. The Bertz CT molecular complexity index is 542. The van der Waals surface area contributed by atoms with Crippen LogP contribution in [0.4, 0.5) is 0 Å². The van der Waals surface area contributed by atoms with Gasteiger partial charge in [-0.15, -0.1) is 0 Å². The van der Waals surface area contributed by atoms with Crippen molar-refractivity contribution in [2.45, 2.75) is 24.5 Å². The summed E-state index contributed by atoms with van der Waals surface area (Å²) < 4.78 is 0.139. The molecule has 1 aliphatic rings. The molecule has 20 heavy (non-hydrogen) atoms. The van der Waals surface area contributed by atoms with Crippen molar-refractivity contribution in [3.05, 3.63) is 29.6 Å². The van der Waals surface area contributed by atoms with Gasteiger partial charge in [0.2, 0.25) is 0 Å². The number of hydrogen-bond acceptors (Lipinski definition) is 4. The van der Waals surface area contributed by atoms with Crippen molar-refractivity contribution < 1.29 is 9.90 Å². The highest BCUT2D eigenvalue weighted by Crippen LogP contribution is 2.36. The third-order valence-corrected chi connectivity index (χ3v) is 4.83. The molecule has 1 aromatic rings. The largest absolute Gasteiger partial charge is 0.384 e. The van der Waals surface area contributed by atoms with E-state index in [-0.39, 0.29) is 17.3 Å². The number of pyridine rings is 1. The molecule has 1 saturated heterocycles. The summed E-state index contributed by atoms with van der Waals surface area (Å²) in [5.41, 5.74) is 1.05. The molecule has 1 aromatic heterocycles. The average Bonchev–Trinajstić information content (AvgIpc) is 2.90. The molecule has 1 amide bonds. The molecular weight excluding hydrogens is 272 g/mol. The molecule has 0 radical (unpaired) electrons. The summed E-state index contributed by atoms with van der Waals surface area (Å²) >= 11 is 1.91. The van der Waals surface area contributed by atoms with Gasteiger partial charge in [0.1, 0.15) is 6.61 Å². The highest BCUT2D eigenvalue weighted by Gasteiger charge is 2.29. The van der Waals surface area contributed by atoms with Crippen LogP contribution in [0.1, 0.15) is 35.7 Å².